The molecule has 2 aliphatic rings. The van der Waals surface area contributed by atoms with E-state index in [2.05, 4.69) is 51.4 Å². The fraction of sp³-hybridized carbons (Fsp3) is 0.571. The predicted octanol–water partition coefficient (Wildman–Crippen LogP) is 2.98. The maximum atomic E-state index is 10.9. The number of hydrogen-bond acceptors (Lipinski definition) is 3. The van der Waals surface area contributed by atoms with Crippen LogP contribution in [-0.4, -0.2) is 33.9 Å². The second-order valence-corrected chi connectivity index (χ2v) is 7.77. The highest BCUT2D eigenvalue weighted by molar-refractivity contribution is 5.29. The molecule has 25 heavy (non-hydrogen) atoms. The second kappa shape index (κ2) is 7.30. The van der Waals surface area contributed by atoms with Crippen LogP contribution in [0.5, 0.6) is 0 Å². The van der Waals surface area contributed by atoms with Crippen molar-refractivity contribution in [3.05, 3.63) is 54.6 Å². The molecule has 2 fully saturated rings. The molecule has 1 saturated carbocycles. The normalized spacial score (nSPS) is 27.2. The molecule has 134 valence electrons. The summed E-state index contributed by atoms with van der Waals surface area (Å²) in [5.74, 6) is 0.900. The maximum Gasteiger partial charge on any atom is 0.0946 e. The largest absolute Gasteiger partial charge is 0.393 e. The van der Waals surface area contributed by atoms with Gasteiger partial charge in [0.1, 0.15) is 0 Å². The van der Waals surface area contributed by atoms with Gasteiger partial charge in [-0.05, 0) is 56.2 Å². The van der Waals surface area contributed by atoms with Crippen LogP contribution in [0, 0.1) is 11.8 Å². The maximum absolute atomic E-state index is 10.9. The Morgan fingerprint density at radius 3 is 2.56 bits per heavy atom. The lowest BCUT2D eigenvalue weighted by Crippen LogP contribution is -2.51. The predicted molar refractivity (Wildman–Crippen MR) is 99.3 cm³/mol. The van der Waals surface area contributed by atoms with E-state index < -0.39 is 0 Å². The molecule has 4 rings (SSSR count). The van der Waals surface area contributed by atoms with Gasteiger partial charge in [-0.15, -0.1) is 0 Å². The van der Waals surface area contributed by atoms with Crippen molar-refractivity contribution in [3.8, 4) is 0 Å². The Morgan fingerprint density at radius 2 is 1.92 bits per heavy atom. The molecule has 0 bridgehead atoms. The lowest BCUT2D eigenvalue weighted by Gasteiger charge is -2.49. The molecule has 1 aromatic carbocycles. The van der Waals surface area contributed by atoms with Crippen LogP contribution >= 0.6 is 0 Å². The van der Waals surface area contributed by atoms with Gasteiger partial charge in [0.15, 0.2) is 0 Å². The molecule has 0 amide bonds. The summed E-state index contributed by atoms with van der Waals surface area (Å²) in [5.41, 5.74) is 1.36. The summed E-state index contributed by atoms with van der Waals surface area (Å²) < 4.78 is 2.22. The van der Waals surface area contributed by atoms with Crippen molar-refractivity contribution >= 4 is 0 Å². The van der Waals surface area contributed by atoms with Gasteiger partial charge in [-0.1, -0.05) is 36.8 Å². The molecule has 2 heterocycles. The highest BCUT2D eigenvalue weighted by Crippen LogP contribution is 2.50. The topological polar surface area (TPSA) is 50.1 Å². The molecule has 1 aromatic heterocycles. The number of nitrogens with one attached hydrogen (secondary N) is 1. The van der Waals surface area contributed by atoms with E-state index in [9.17, 15) is 5.11 Å². The van der Waals surface area contributed by atoms with Crippen LogP contribution in [0.3, 0.4) is 0 Å². The monoisotopic (exact) mass is 339 g/mol. The lowest BCUT2D eigenvalue weighted by atomic mass is 9.58. The molecule has 1 aliphatic carbocycles. The summed E-state index contributed by atoms with van der Waals surface area (Å²) in [6, 6.07) is 11.0. The number of benzene rings is 1. The Balaban J connectivity index is 1.83. The SMILES string of the molecule is OC1CCCC1C(Cn1ccnc1)(c1ccccc1)C1CCNCC1. The molecule has 2 N–H and O–H groups in total. The standard InChI is InChI=1S/C21H29N3O/c25-20-8-4-7-19(20)21(15-24-14-13-23-16-24,17-5-2-1-3-6-17)18-9-11-22-12-10-18/h1-3,5-6,13-14,16,18-20,22,25H,4,7-12,15H2. The van der Waals surface area contributed by atoms with E-state index in [1.165, 1.54) is 18.4 Å². The second-order valence-electron chi connectivity index (χ2n) is 7.77. The molecule has 3 atom stereocenters. The number of nitrogens with zero attached hydrogens (tertiary/aromatic N) is 2. The van der Waals surface area contributed by atoms with Gasteiger partial charge in [-0.25, -0.2) is 4.98 Å². The van der Waals surface area contributed by atoms with Crippen molar-refractivity contribution in [1.82, 2.24) is 14.9 Å². The first-order valence-corrected chi connectivity index (χ1v) is 9.71. The van der Waals surface area contributed by atoms with Crippen molar-refractivity contribution in [1.29, 1.82) is 0 Å². The first-order chi connectivity index (χ1) is 12.3. The van der Waals surface area contributed by atoms with E-state index in [1.54, 1.807) is 0 Å². The van der Waals surface area contributed by atoms with E-state index in [0.717, 1.165) is 38.9 Å². The summed E-state index contributed by atoms with van der Waals surface area (Å²) in [4.78, 5) is 4.28. The van der Waals surface area contributed by atoms with Gasteiger partial charge >= 0.3 is 0 Å². The average Bonchev–Trinajstić information content (AvgIpc) is 3.33. The van der Waals surface area contributed by atoms with Gasteiger partial charge in [-0.3, -0.25) is 0 Å². The molecule has 4 nitrogen and oxygen atoms in total. The van der Waals surface area contributed by atoms with Crippen molar-refractivity contribution in [2.45, 2.75) is 50.2 Å². The molecule has 0 radical (unpaired) electrons. The summed E-state index contributed by atoms with van der Waals surface area (Å²) in [6.07, 6.45) is 11.2. The lowest BCUT2D eigenvalue weighted by molar-refractivity contribution is 0.0286. The molecule has 3 unspecified atom stereocenters. The molecule has 2 aromatic rings. The molecule has 0 spiro atoms. The minimum atomic E-state index is -0.196. The summed E-state index contributed by atoms with van der Waals surface area (Å²) in [6.45, 7) is 3.06. The highest BCUT2D eigenvalue weighted by atomic mass is 16.3. The Bertz CT molecular complexity index is 651. The van der Waals surface area contributed by atoms with Crippen molar-refractivity contribution in [2.75, 3.05) is 13.1 Å². The van der Waals surface area contributed by atoms with Crippen LogP contribution in [-0.2, 0) is 12.0 Å². The van der Waals surface area contributed by atoms with Crippen LogP contribution in [0.25, 0.3) is 0 Å². The quantitative estimate of drug-likeness (QED) is 0.880. The van der Waals surface area contributed by atoms with Gasteiger partial charge in [0.2, 0.25) is 0 Å². The van der Waals surface area contributed by atoms with Crippen molar-refractivity contribution in [3.63, 3.8) is 0 Å². The number of hydrogen-bond donors (Lipinski definition) is 2. The zero-order chi connectivity index (χ0) is 17.1. The fourth-order valence-electron chi connectivity index (χ4n) is 5.40. The third-order valence-corrected chi connectivity index (χ3v) is 6.52. The van der Waals surface area contributed by atoms with Crippen molar-refractivity contribution < 1.29 is 5.11 Å². The van der Waals surface area contributed by atoms with E-state index in [-0.39, 0.29) is 11.5 Å². The number of aliphatic hydroxyl groups excluding tert-OH is 1. The zero-order valence-electron chi connectivity index (χ0n) is 14.8. The minimum absolute atomic E-state index is 0.0278. The third kappa shape index (κ3) is 3.13. The van der Waals surface area contributed by atoms with Crippen LogP contribution in [0.1, 0.15) is 37.7 Å². The minimum Gasteiger partial charge on any atom is -0.393 e. The number of piperidine rings is 1. The van der Waals surface area contributed by atoms with E-state index in [1.807, 2.05) is 12.5 Å². The van der Waals surface area contributed by atoms with E-state index in [4.69, 9.17) is 0 Å². The first kappa shape index (κ1) is 16.8. The first-order valence-electron chi connectivity index (χ1n) is 9.71. The third-order valence-electron chi connectivity index (χ3n) is 6.52. The molecular weight excluding hydrogens is 310 g/mol. The van der Waals surface area contributed by atoms with Gasteiger partial charge < -0.3 is 15.0 Å². The summed E-state index contributed by atoms with van der Waals surface area (Å²) in [5, 5.41) is 14.4. The van der Waals surface area contributed by atoms with E-state index in [0.29, 0.717) is 11.8 Å². The summed E-state index contributed by atoms with van der Waals surface area (Å²) >= 11 is 0. The molecule has 4 heteroatoms. The van der Waals surface area contributed by atoms with Gasteiger partial charge in [-0.2, -0.15) is 0 Å². The molecular formula is C21H29N3O. The molecule has 1 aliphatic heterocycles. The number of aromatic nitrogens is 2. The fourth-order valence-corrected chi connectivity index (χ4v) is 5.40. The van der Waals surface area contributed by atoms with Crippen molar-refractivity contribution in [2.24, 2.45) is 11.8 Å². The van der Waals surface area contributed by atoms with Gasteiger partial charge in [0.05, 0.1) is 12.4 Å². The van der Waals surface area contributed by atoms with Crippen LogP contribution < -0.4 is 5.32 Å². The zero-order valence-corrected chi connectivity index (χ0v) is 14.8. The van der Waals surface area contributed by atoms with Crippen LogP contribution in [0.15, 0.2) is 49.1 Å². The average molecular weight is 339 g/mol. The Hall–Kier alpha value is -1.65. The number of rotatable bonds is 5. The Labute approximate surface area is 150 Å². The highest BCUT2D eigenvalue weighted by Gasteiger charge is 2.50. The summed E-state index contributed by atoms with van der Waals surface area (Å²) in [7, 11) is 0. The number of imidazole rings is 1. The van der Waals surface area contributed by atoms with Gasteiger partial charge in [0.25, 0.3) is 0 Å². The number of aliphatic hydroxyl groups is 1. The van der Waals surface area contributed by atoms with Crippen LogP contribution in [0.2, 0.25) is 0 Å². The Kier molecular flexibility index (Phi) is 4.91. The van der Waals surface area contributed by atoms with E-state index >= 15 is 0 Å². The Morgan fingerprint density at radius 1 is 1.12 bits per heavy atom. The van der Waals surface area contributed by atoms with Gasteiger partial charge in [0, 0.05) is 24.4 Å². The molecule has 1 saturated heterocycles. The van der Waals surface area contributed by atoms with Crippen LogP contribution in [0.4, 0.5) is 0 Å². The smallest absolute Gasteiger partial charge is 0.0946 e.